The normalized spacial score (nSPS) is 14.7. The molecule has 6 nitrogen and oxygen atoms in total. The Kier molecular flexibility index (Phi) is 4.79. The first-order valence-electron chi connectivity index (χ1n) is 5.39. The van der Waals surface area contributed by atoms with Crippen molar-refractivity contribution >= 4 is 11.6 Å². The smallest absolute Gasteiger partial charge is 0.405 e. The average molecular weight is 294 g/mol. The number of hydrogen-bond donors (Lipinski definition) is 4. The molecule has 0 aromatic heterocycles. The summed E-state index contributed by atoms with van der Waals surface area (Å²) >= 11 is 0. The summed E-state index contributed by atoms with van der Waals surface area (Å²) in [5, 5.41) is 19.3. The van der Waals surface area contributed by atoms with E-state index in [1.54, 1.807) is 0 Å². The third kappa shape index (κ3) is 4.59. The van der Waals surface area contributed by atoms with Gasteiger partial charge in [-0.05, 0) is 18.2 Å². The fourth-order valence-electron chi connectivity index (χ4n) is 1.54. The van der Waals surface area contributed by atoms with E-state index in [9.17, 15) is 28.2 Å². The van der Waals surface area contributed by atoms with Crippen molar-refractivity contribution < 1.29 is 32.9 Å². The monoisotopic (exact) mass is 294 g/mol. The number of carbonyl (C=O) groups is 1. The molecule has 0 saturated heterocycles. The minimum atomic E-state index is -4.97. The van der Waals surface area contributed by atoms with Crippen LogP contribution in [0.1, 0.15) is 18.1 Å². The second-order valence-electron chi connectivity index (χ2n) is 4.03. The van der Waals surface area contributed by atoms with Gasteiger partial charge in [0.05, 0.1) is 12.5 Å². The SMILES string of the molecule is NC(=O)CC(O)C(O)c1cc(N)ccc1OC(F)(F)F. The van der Waals surface area contributed by atoms with Gasteiger partial charge in [-0.1, -0.05) is 0 Å². The number of nitrogens with two attached hydrogens (primary N) is 2. The molecular formula is C11H13F3N2O4. The first kappa shape index (κ1) is 16.1. The molecule has 9 heteroatoms. The molecule has 0 aliphatic carbocycles. The van der Waals surface area contributed by atoms with Gasteiger partial charge in [-0.3, -0.25) is 4.79 Å². The lowest BCUT2D eigenvalue weighted by Gasteiger charge is -2.21. The predicted molar refractivity (Wildman–Crippen MR) is 62.3 cm³/mol. The van der Waals surface area contributed by atoms with Crippen molar-refractivity contribution in [1.29, 1.82) is 0 Å². The van der Waals surface area contributed by atoms with Crippen molar-refractivity contribution in [1.82, 2.24) is 0 Å². The van der Waals surface area contributed by atoms with E-state index in [0.29, 0.717) is 0 Å². The van der Waals surface area contributed by atoms with Crippen molar-refractivity contribution in [2.75, 3.05) is 5.73 Å². The number of aliphatic hydroxyl groups excluding tert-OH is 2. The number of benzene rings is 1. The van der Waals surface area contributed by atoms with E-state index in [2.05, 4.69) is 4.74 Å². The Hall–Kier alpha value is -2.00. The van der Waals surface area contributed by atoms with E-state index >= 15 is 0 Å². The first-order valence-corrected chi connectivity index (χ1v) is 5.39. The van der Waals surface area contributed by atoms with Crippen LogP contribution >= 0.6 is 0 Å². The number of halogens is 3. The van der Waals surface area contributed by atoms with Crippen LogP contribution in [0.5, 0.6) is 5.75 Å². The summed E-state index contributed by atoms with van der Waals surface area (Å²) in [6.45, 7) is 0. The molecule has 1 aromatic rings. The summed E-state index contributed by atoms with van der Waals surface area (Å²) in [5.74, 6) is -1.64. The number of amides is 1. The Bertz CT molecular complexity index is 493. The number of aliphatic hydroxyl groups is 2. The highest BCUT2D eigenvalue weighted by molar-refractivity contribution is 5.74. The van der Waals surface area contributed by atoms with Gasteiger partial charge in [0.1, 0.15) is 11.9 Å². The number of alkyl halides is 3. The van der Waals surface area contributed by atoms with Gasteiger partial charge in [-0.25, -0.2) is 0 Å². The van der Waals surface area contributed by atoms with Crippen LogP contribution in [0, 0.1) is 0 Å². The number of nitrogen functional groups attached to an aromatic ring is 1. The van der Waals surface area contributed by atoms with Gasteiger partial charge in [0.15, 0.2) is 0 Å². The van der Waals surface area contributed by atoms with Gasteiger partial charge >= 0.3 is 6.36 Å². The summed E-state index contributed by atoms with van der Waals surface area (Å²) in [5.41, 5.74) is 9.91. The third-order valence-corrected chi connectivity index (χ3v) is 2.35. The molecule has 0 bridgehead atoms. The molecule has 0 saturated carbocycles. The summed E-state index contributed by atoms with van der Waals surface area (Å²) in [6.07, 6.45) is -9.08. The minimum Gasteiger partial charge on any atom is -0.405 e. The van der Waals surface area contributed by atoms with Gasteiger partial charge in [-0.15, -0.1) is 13.2 Å². The highest BCUT2D eigenvalue weighted by Crippen LogP contribution is 2.33. The highest BCUT2D eigenvalue weighted by atomic mass is 19.4. The molecule has 1 aromatic carbocycles. The molecule has 2 atom stereocenters. The summed E-state index contributed by atoms with van der Waals surface area (Å²) < 4.78 is 40.4. The number of anilines is 1. The van der Waals surface area contributed by atoms with Crippen molar-refractivity contribution in [2.24, 2.45) is 5.73 Å². The zero-order valence-corrected chi connectivity index (χ0v) is 10.1. The molecule has 0 spiro atoms. The number of rotatable bonds is 5. The van der Waals surface area contributed by atoms with Gasteiger partial charge in [0.25, 0.3) is 0 Å². The van der Waals surface area contributed by atoms with Crippen molar-refractivity contribution in [2.45, 2.75) is 25.0 Å². The Balaban J connectivity index is 3.08. The lowest BCUT2D eigenvalue weighted by atomic mass is 10.0. The second kappa shape index (κ2) is 5.97. The van der Waals surface area contributed by atoms with Crippen LogP contribution in [0.3, 0.4) is 0 Å². The van der Waals surface area contributed by atoms with Crippen LogP contribution in [0.15, 0.2) is 18.2 Å². The van der Waals surface area contributed by atoms with Crippen molar-refractivity contribution in [3.8, 4) is 5.75 Å². The number of primary amides is 1. The predicted octanol–water partition coefficient (Wildman–Crippen LogP) is 0.437. The van der Waals surface area contributed by atoms with Crippen LogP contribution < -0.4 is 16.2 Å². The molecule has 6 N–H and O–H groups in total. The first-order chi connectivity index (χ1) is 9.10. The van der Waals surface area contributed by atoms with Crippen molar-refractivity contribution in [3.63, 3.8) is 0 Å². The Morgan fingerprint density at radius 3 is 2.45 bits per heavy atom. The largest absolute Gasteiger partial charge is 0.573 e. The zero-order valence-electron chi connectivity index (χ0n) is 10.1. The maximum atomic E-state index is 12.2. The number of ether oxygens (including phenoxy) is 1. The number of hydrogen-bond acceptors (Lipinski definition) is 5. The third-order valence-electron chi connectivity index (χ3n) is 2.35. The van der Waals surface area contributed by atoms with Crippen LogP contribution in [-0.2, 0) is 4.79 Å². The maximum absolute atomic E-state index is 12.2. The second-order valence-corrected chi connectivity index (χ2v) is 4.03. The van der Waals surface area contributed by atoms with Gasteiger partial charge in [0, 0.05) is 11.3 Å². The molecule has 2 unspecified atom stereocenters. The molecule has 1 amide bonds. The summed E-state index contributed by atoms with van der Waals surface area (Å²) in [7, 11) is 0. The van der Waals surface area contributed by atoms with E-state index in [0.717, 1.165) is 18.2 Å². The zero-order chi connectivity index (χ0) is 15.5. The molecule has 0 fully saturated rings. The Morgan fingerprint density at radius 1 is 1.35 bits per heavy atom. The van der Waals surface area contributed by atoms with Crippen molar-refractivity contribution in [3.05, 3.63) is 23.8 Å². The number of carbonyl (C=O) groups excluding carboxylic acids is 1. The van der Waals surface area contributed by atoms with E-state index < -0.39 is 42.2 Å². The van der Waals surface area contributed by atoms with Crippen LogP contribution in [-0.4, -0.2) is 28.6 Å². The highest BCUT2D eigenvalue weighted by Gasteiger charge is 2.34. The van der Waals surface area contributed by atoms with E-state index in [1.807, 2.05) is 0 Å². The topological polar surface area (TPSA) is 119 Å². The van der Waals surface area contributed by atoms with Crippen LogP contribution in [0.4, 0.5) is 18.9 Å². The minimum absolute atomic E-state index is 0.0554. The molecule has 0 radical (unpaired) electrons. The molecule has 112 valence electrons. The quantitative estimate of drug-likeness (QED) is 0.587. The molecule has 0 heterocycles. The Morgan fingerprint density at radius 2 is 1.95 bits per heavy atom. The van der Waals surface area contributed by atoms with Gasteiger partial charge in [0.2, 0.25) is 5.91 Å². The molecule has 20 heavy (non-hydrogen) atoms. The molecule has 0 aliphatic rings. The molecule has 0 aliphatic heterocycles. The summed E-state index contributed by atoms with van der Waals surface area (Å²) in [6, 6.07) is 3.05. The molecule has 1 rings (SSSR count). The lowest BCUT2D eigenvalue weighted by molar-refractivity contribution is -0.275. The van der Waals surface area contributed by atoms with E-state index in [-0.39, 0.29) is 5.69 Å². The fourth-order valence-corrected chi connectivity index (χ4v) is 1.54. The average Bonchev–Trinajstić information content (AvgIpc) is 2.28. The van der Waals surface area contributed by atoms with Crippen LogP contribution in [0.25, 0.3) is 0 Å². The Labute approximate surface area is 111 Å². The maximum Gasteiger partial charge on any atom is 0.573 e. The van der Waals surface area contributed by atoms with Crippen LogP contribution in [0.2, 0.25) is 0 Å². The van der Waals surface area contributed by atoms with Gasteiger partial charge in [-0.2, -0.15) is 0 Å². The summed E-state index contributed by atoms with van der Waals surface area (Å²) in [4.78, 5) is 10.6. The van der Waals surface area contributed by atoms with E-state index in [4.69, 9.17) is 11.5 Å². The van der Waals surface area contributed by atoms with Gasteiger partial charge < -0.3 is 26.4 Å². The fraction of sp³-hybridized carbons (Fsp3) is 0.364. The van der Waals surface area contributed by atoms with E-state index in [1.165, 1.54) is 0 Å². The molecular weight excluding hydrogens is 281 g/mol. The lowest BCUT2D eigenvalue weighted by Crippen LogP contribution is -2.27. The standard InChI is InChI=1S/C11H13F3N2O4/c12-11(13,14)20-8-2-1-5(15)3-6(8)10(19)7(17)4-9(16)18/h1-3,7,10,17,19H,4,15H2,(H2,16,18).